The number of benzene rings is 4. The van der Waals surface area contributed by atoms with Gasteiger partial charge in [-0.15, -0.1) is 0 Å². The summed E-state index contributed by atoms with van der Waals surface area (Å²) in [5.74, 6) is 0. The molecule has 4 aromatic carbocycles. The van der Waals surface area contributed by atoms with Crippen LogP contribution in [0.25, 0.3) is 38.6 Å². The van der Waals surface area contributed by atoms with Crippen LogP contribution >= 0.6 is 0 Å². The van der Waals surface area contributed by atoms with Gasteiger partial charge in [-0.25, -0.2) is 0 Å². The summed E-state index contributed by atoms with van der Waals surface area (Å²) in [4.78, 5) is 0. The Labute approximate surface area is 177 Å². The van der Waals surface area contributed by atoms with E-state index < -0.39 is 0 Å². The molecule has 0 bridgehead atoms. The van der Waals surface area contributed by atoms with Crippen molar-refractivity contribution < 1.29 is 0 Å². The lowest BCUT2D eigenvalue weighted by Gasteiger charge is -2.20. The molecule has 0 saturated heterocycles. The Morgan fingerprint density at radius 2 is 1.43 bits per heavy atom. The minimum atomic E-state index is 0.137. The lowest BCUT2D eigenvalue weighted by Crippen LogP contribution is -2.11. The Kier molecular flexibility index (Phi) is 3.56. The first-order chi connectivity index (χ1) is 14.5. The van der Waals surface area contributed by atoms with Crippen molar-refractivity contribution in [2.45, 2.75) is 32.6 Å². The standard InChI is InChI=1S/C29H25N/c1-29(2,3)21-15-13-19-17-20-14-16-24-23-11-7-8-12-26(23)30(22-9-5-4-6-10-22)28(24)27(20)25(19)18-21/h4-16,18H,17H2,1-3H3. The minimum Gasteiger partial charge on any atom is -0.309 e. The van der Waals surface area contributed by atoms with Gasteiger partial charge < -0.3 is 4.57 Å². The molecule has 30 heavy (non-hydrogen) atoms. The van der Waals surface area contributed by atoms with Crippen LogP contribution in [0.5, 0.6) is 0 Å². The molecule has 1 nitrogen and oxygen atoms in total. The van der Waals surface area contributed by atoms with Crippen LogP contribution < -0.4 is 0 Å². The van der Waals surface area contributed by atoms with E-state index in [1.807, 2.05) is 0 Å². The fraction of sp³-hybridized carbons (Fsp3) is 0.172. The predicted octanol–water partition coefficient (Wildman–Crippen LogP) is 7.65. The van der Waals surface area contributed by atoms with Crippen LogP contribution in [0.1, 0.15) is 37.5 Å². The molecule has 0 fully saturated rings. The SMILES string of the molecule is CC(C)(C)c1ccc2c(c1)-c1c(ccc3c4ccccc4n(-c4ccccc4)c13)C2. The number of nitrogens with zero attached hydrogens (tertiary/aromatic N) is 1. The highest BCUT2D eigenvalue weighted by atomic mass is 15.0. The van der Waals surface area contributed by atoms with Crippen LogP contribution in [0.15, 0.2) is 84.9 Å². The van der Waals surface area contributed by atoms with E-state index in [2.05, 4.69) is 110 Å². The van der Waals surface area contributed by atoms with Crippen LogP contribution in [0.3, 0.4) is 0 Å². The summed E-state index contributed by atoms with van der Waals surface area (Å²) in [5.41, 5.74) is 11.1. The maximum Gasteiger partial charge on any atom is 0.0622 e. The fourth-order valence-electron chi connectivity index (χ4n) is 5.03. The molecule has 146 valence electrons. The zero-order valence-electron chi connectivity index (χ0n) is 17.7. The third-order valence-corrected chi connectivity index (χ3v) is 6.56. The first-order valence-electron chi connectivity index (χ1n) is 10.8. The van der Waals surface area contributed by atoms with Gasteiger partial charge in [-0.05, 0) is 52.3 Å². The largest absolute Gasteiger partial charge is 0.309 e. The molecular formula is C29H25N. The summed E-state index contributed by atoms with van der Waals surface area (Å²) < 4.78 is 2.46. The van der Waals surface area contributed by atoms with Crippen molar-refractivity contribution in [2.75, 3.05) is 0 Å². The number of para-hydroxylation sites is 2. The van der Waals surface area contributed by atoms with Crippen molar-refractivity contribution in [1.82, 2.24) is 4.57 Å². The monoisotopic (exact) mass is 387 g/mol. The van der Waals surface area contributed by atoms with E-state index >= 15 is 0 Å². The molecule has 1 aromatic heterocycles. The van der Waals surface area contributed by atoms with Crippen LogP contribution in [0.2, 0.25) is 0 Å². The summed E-state index contributed by atoms with van der Waals surface area (Å²) in [5, 5.41) is 2.65. The van der Waals surface area contributed by atoms with Crippen molar-refractivity contribution in [3.05, 3.63) is 102 Å². The molecule has 0 radical (unpaired) electrons. The Balaban J connectivity index is 1.78. The molecule has 0 saturated carbocycles. The summed E-state index contributed by atoms with van der Waals surface area (Å²) in [6, 6.07) is 31.3. The zero-order valence-corrected chi connectivity index (χ0v) is 17.7. The van der Waals surface area contributed by atoms with Gasteiger partial charge in [0.15, 0.2) is 0 Å². The Hall–Kier alpha value is -3.32. The summed E-state index contributed by atoms with van der Waals surface area (Å²) in [6.45, 7) is 6.89. The van der Waals surface area contributed by atoms with Crippen molar-refractivity contribution in [1.29, 1.82) is 0 Å². The molecule has 0 aliphatic heterocycles. The average molecular weight is 388 g/mol. The Morgan fingerprint density at radius 3 is 2.23 bits per heavy atom. The molecule has 0 unspecified atom stereocenters. The van der Waals surface area contributed by atoms with Crippen molar-refractivity contribution >= 4 is 21.8 Å². The summed E-state index contributed by atoms with van der Waals surface area (Å²) in [6.07, 6.45) is 1.02. The molecule has 0 N–H and O–H groups in total. The van der Waals surface area contributed by atoms with Gasteiger partial charge >= 0.3 is 0 Å². The number of rotatable bonds is 1. The summed E-state index contributed by atoms with van der Waals surface area (Å²) >= 11 is 0. The number of hydrogen-bond acceptors (Lipinski definition) is 0. The highest BCUT2D eigenvalue weighted by molar-refractivity contribution is 6.15. The second-order valence-corrected chi connectivity index (χ2v) is 9.48. The van der Waals surface area contributed by atoms with Gasteiger partial charge in [-0.1, -0.05) is 87.5 Å². The molecule has 1 aliphatic carbocycles. The molecule has 1 heteroatoms. The second kappa shape index (κ2) is 6.09. The number of fused-ring (bicyclic) bond motifs is 7. The molecular weight excluding hydrogens is 362 g/mol. The third-order valence-electron chi connectivity index (χ3n) is 6.56. The Morgan fingerprint density at radius 1 is 0.700 bits per heavy atom. The van der Waals surface area contributed by atoms with Crippen molar-refractivity contribution in [3.8, 4) is 16.8 Å². The van der Waals surface area contributed by atoms with E-state index in [1.165, 1.54) is 55.3 Å². The topological polar surface area (TPSA) is 4.93 Å². The molecule has 6 rings (SSSR count). The van der Waals surface area contributed by atoms with Gasteiger partial charge in [0.25, 0.3) is 0 Å². The lowest BCUT2D eigenvalue weighted by molar-refractivity contribution is 0.590. The van der Waals surface area contributed by atoms with E-state index in [-0.39, 0.29) is 5.41 Å². The van der Waals surface area contributed by atoms with Crippen LogP contribution in [-0.4, -0.2) is 4.57 Å². The first-order valence-corrected chi connectivity index (χ1v) is 10.8. The van der Waals surface area contributed by atoms with Gasteiger partial charge in [-0.2, -0.15) is 0 Å². The third kappa shape index (κ3) is 2.42. The van der Waals surface area contributed by atoms with Gasteiger partial charge in [0.05, 0.1) is 11.0 Å². The van der Waals surface area contributed by atoms with Crippen LogP contribution in [-0.2, 0) is 11.8 Å². The van der Waals surface area contributed by atoms with Crippen molar-refractivity contribution in [2.24, 2.45) is 0 Å². The quantitative estimate of drug-likeness (QED) is 0.273. The van der Waals surface area contributed by atoms with Crippen LogP contribution in [0, 0.1) is 0 Å². The molecule has 1 aliphatic rings. The minimum absolute atomic E-state index is 0.137. The lowest BCUT2D eigenvalue weighted by atomic mass is 9.85. The molecule has 1 heterocycles. The Bertz CT molecular complexity index is 1430. The van der Waals surface area contributed by atoms with E-state index in [1.54, 1.807) is 0 Å². The summed E-state index contributed by atoms with van der Waals surface area (Å²) in [7, 11) is 0. The maximum atomic E-state index is 2.46. The molecule has 5 aromatic rings. The van der Waals surface area contributed by atoms with Crippen LogP contribution in [0.4, 0.5) is 0 Å². The van der Waals surface area contributed by atoms with Gasteiger partial charge in [-0.3, -0.25) is 0 Å². The van der Waals surface area contributed by atoms with Gasteiger partial charge in [0, 0.05) is 22.0 Å². The number of aromatic nitrogens is 1. The fourth-order valence-corrected chi connectivity index (χ4v) is 5.03. The normalized spacial score (nSPS) is 13.0. The predicted molar refractivity (Wildman–Crippen MR) is 128 cm³/mol. The average Bonchev–Trinajstić information content (AvgIpc) is 3.28. The highest BCUT2D eigenvalue weighted by Crippen LogP contribution is 2.46. The van der Waals surface area contributed by atoms with E-state index in [0.29, 0.717) is 0 Å². The van der Waals surface area contributed by atoms with E-state index in [4.69, 9.17) is 0 Å². The van der Waals surface area contributed by atoms with E-state index in [9.17, 15) is 0 Å². The molecule has 0 amide bonds. The van der Waals surface area contributed by atoms with Gasteiger partial charge in [0.1, 0.15) is 0 Å². The smallest absolute Gasteiger partial charge is 0.0622 e. The second-order valence-electron chi connectivity index (χ2n) is 9.48. The van der Waals surface area contributed by atoms with Crippen molar-refractivity contribution in [3.63, 3.8) is 0 Å². The first kappa shape index (κ1) is 17.5. The van der Waals surface area contributed by atoms with E-state index in [0.717, 1.165) is 6.42 Å². The number of hydrogen-bond donors (Lipinski definition) is 0. The molecule has 0 spiro atoms. The van der Waals surface area contributed by atoms with Gasteiger partial charge in [0.2, 0.25) is 0 Å². The maximum absolute atomic E-state index is 2.46. The molecule has 0 atom stereocenters. The highest BCUT2D eigenvalue weighted by Gasteiger charge is 2.26. The zero-order chi connectivity index (χ0) is 20.5.